The lowest BCUT2D eigenvalue weighted by Gasteiger charge is -2.12. The SMILES string of the molecule is O=C([O-])c1cc(NC(=O)c2ccc([N+](=O)[O-])c(Cl)c2)cc(C(=O)[O-])c1. The van der Waals surface area contributed by atoms with Crippen LogP contribution in [0.1, 0.15) is 31.1 Å². The van der Waals surface area contributed by atoms with Gasteiger partial charge in [0.05, 0.1) is 16.9 Å². The number of nitrogens with zero attached hydrogens (tertiary/aromatic N) is 1. The van der Waals surface area contributed by atoms with Crippen LogP contribution in [-0.4, -0.2) is 22.8 Å². The number of nitro benzene ring substituents is 1. The fraction of sp³-hybridized carbons (Fsp3) is 0. The normalized spacial score (nSPS) is 10.1. The number of nitrogens with one attached hydrogen (secondary N) is 1. The first-order valence-electron chi connectivity index (χ1n) is 6.52. The average molecular weight is 363 g/mol. The van der Waals surface area contributed by atoms with Gasteiger partial charge in [0.25, 0.3) is 11.6 Å². The van der Waals surface area contributed by atoms with Crippen molar-refractivity contribution >= 4 is 40.8 Å². The maximum Gasteiger partial charge on any atom is 0.287 e. The molecule has 0 aliphatic rings. The minimum Gasteiger partial charge on any atom is -0.545 e. The highest BCUT2D eigenvalue weighted by Gasteiger charge is 2.16. The Hall–Kier alpha value is -3.46. The number of benzene rings is 2. The molecular weight excluding hydrogens is 356 g/mol. The van der Waals surface area contributed by atoms with E-state index in [1.54, 1.807) is 0 Å². The largest absolute Gasteiger partial charge is 0.545 e. The van der Waals surface area contributed by atoms with Crippen molar-refractivity contribution in [3.8, 4) is 0 Å². The average Bonchev–Trinajstić information content (AvgIpc) is 2.53. The summed E-state index contributed by atoms with van der Waals surface area (Å²) in [6.07, 6.45) is 0. The summed E-state index contributed by atoms with van der Waals surface area (Å²) >= 11 is 5.71. The Morgan fingerprint density at radius 1 is 0.920 bits per heavy atom. The number of anilines is 1. The van der Waals surface area contributed by atoms with Crippen LogP contribution in [-0.2, 0) is 0 Å². The second-order valence-electron chi connectivity index (χ2n) is 4.75. The minimum absolute atomic E-state index is 0.0514. The fourth-order valence-corrected chi connectivity index (χ4v) is 2.18. The Labute approximate surface area is 144 Å². The first-order valence-corrected chi connectivity index (χ1v) is 6.90. The van der Waals surface area contributed by atoms with Crippen LogP contribution in [0.4, 0.5) is 11.4 Å². The van der Waals surface area contributed by atoms with Crippen LogP contribution in [0.2, 0.25) is 5.02 Å². The molecule has 0 heterocycles. The predicted octanol–water partition coefficient (Wildman–Crippen LogP) is 0.227. The first-order chi connectivity index (χ1) is 11.7. The number of hydrogen-bond donors (Lipinski definition) is 1. The second-order valence-corrected chi connectivity index (χ2v) is 5.16. The van der Waals surface area contributed by atoms with Gasteiger partial charge in [0.2, 0.25) is 0 Å². The van der Waals surface area contributed by atoms with E-state index in [9.17, 15) is 34.7 Å². The molecule has 0 atom stereocenters. The Morgan fingerprint density at radius 3 is 1.92 bits per heavy atom. The number of amides is 1. The summed E-state index contributed by atoms with van der Waals surface area (Å²) in [7, 11) is 0. The lowest BCUT2D eigenvalue weighted by molar-refractivity contribution is -0.384. The van der Waals surface area contributed by atoms with Crippen LogP contribution in [0.15, 0.2) is 36.4 Å². The monoisotopic (exact) mass is 362 g/mol. The summed E-state index contributed by atoms with van der Waals surface area (Å²) in [4.78, 5) is 43.9. The highest BCUT2D eigenvalue weighted by atomic mass is 35.5. The van der Waals surface area contributed by atoms with Gasteiger partial charge in [0.1, 0.15) is 5.02 Å². The van der Waals surface area contributed by atoms with E-state index in [0.717, 1.165) is 36.4 Å². The van der Waals surface area contributed by atoms with Gasteiger partial charge < -0.3 is 25.1 Å². The standard InChI is InChI=1S/C15H9ClN2O7/c16-11-6-7(1-2-12(11)18(24)25)13(19)17-10-4-8(14(20)21)3-9(5-10)15(22)23/h1-6H,(H,17,19)(H,20,21)(H,22,23)/p-2. The van der Waals surface area contributed by atoms with Crippen LogP contribution in [0.25, 0.3) is 0 Å². The maximum atomic E-state index is 12.1. The van der Waals surface area contributed by atoms with E-state index in [-0.39, 0.29) is 16.3 Å². The van der Waals surface area contributed by atoms with Gasteiger partial charge in [0, 0.05) is 17.3 Å². The molecule has 2 aromatic carbocycles. The molecule has 0 aromatic heterocycles. The molecule has 0 saturated carbocycles. The van der Waals surface area contributed by atoms with Crippen LogP contribution in [0.3, 0.4) is 0 Å². The molecule has 10 heteroatoms. The Balaban J connectivity index is 2.34. The highest BCUT2D eigenvalue weighted by Crippen LogP contribution is 2.25. The summed E-state index contributed by atoms with van der Waals surface area (Å²) in [5, 5.41) is 34.5. The molecule has 0 saturated heterocycles. The molecule has 2 aromatic rings. The molecule has 2 rings (SSSR count). The van der Waals surface area contributed by atoms with Crippen molar-refractivity contribution in [2.24, 2.45) is 0 Å². The van der Waals surface area contributed by atoms with Gasteiger partial charge >= 0.3 is 0 Å². The fourth-order valence-electron chi connectivity index (χ4n) is 1.93. The third-order valence-corrected chi connectivity index (χ3v) is 3.37. The van der Waals surface area contributed by atoms with E-state index in [0.29, 0.717) is 0 Å². The number of nitro groups is 1. The molecule has 0 unspecified atom stereocenters. The van der Waals surface area contributed by atoms with Crippen LogP contribution in [0.5, 0.6) is 0 Å². The molecule has 1 N–H and O–H groups in total. The number of carboxylic acid groups (broad SMARTS) is 2. The molecule has 0 spiro atoms. The van der Waals surface area contributed by atoms with E-state index >= 15 is 0 Å². The van der Waals surface area contributed by atoms with Crippen molar-refractivity contribution in [2.75, 3.05) is 5.32 Å². The number of halogens is 1. The molecule has 1 amide bonds. The van der Waals surface area contributed by atoms with E-state index in [1.165, 1.54) is 0 Å². The lowest BCUT2D eigenvalue weighted by atomic mass is 10.1. The number of carboxylic acids is 2. The third kappa shape index (κ3) is 4.09. The Kier molecular flexibility index (Phi) is 4.99. The zero-order valence-corrected chi connectivity index (χ0v) is 12.9. The Morgan fingerprint density at radius 2 is 1.48 bits per heavy atom. The molecule has 9 nitrogen and oxygen atoms in total. The van der Waals surface area contributed by atoms with Gasteiger partial charge in [-0.15, -0.1) is 0 Å². The third-order valence-electron chi connectivity index (χ3n) is 3.07. The van der Waals surface area contributed by atoms with Gasteiger partial charge in [-0.05, 0) is 41.5 Å². The van der Waals surface area contributed by atoms with Crippen LogP contribution >= 0.6 is 11.6 Å². The summed E-state index contributed by atoms with van der Waals surface area (Å²) < 4.78 is 0. The van der Waals surface area contributed by atoms with Gasteiger partial charge in [0.15, 0.2) is 0 Å². The number of carbonyl (C=O) groups is 3. The van der Waals surface area contributed by atoms with Crippen molar-refractivity contribution in [3.63, 3.8) is 0 Å². The second kappa shape index (κ2) is 6.97. The van der Waals surface area contributed by atoms with Gasteiger partial charge in [-0.3, -0.25) is 14.9 Å². The highest BCUT2D eigenvalue weighted by molar-refractivity contribution is 6.33. The summed E-state index contributed by atoms with van der Waals surface area (Å²) in [6, 6.07) is 6.03. The summed E-state index contributed by atoms with van der Waals surface area (Å²) in [5.74, 6) is -4.06. The molecule has 0 radical (unpaired) electrons. The van der Waals surface area contributed by atoms with E-state index in [2.05, 4.69) is 5.32 Å². The lowest BCUT2D eigenvalue weighted by Crippen LogP contribution is -2.26. The quantitative estimate of drug-likeness (QED) is 0.589. The van der Waals surface area contributed by atoms with Crippen LogP contribution < -0.4 is 15.5 Å². The van der Waals surface area contributed by atoms with Gasteiger partial charge in [-0.1, -0.05) is 11.6 Å². The summed E-state index contributed by atoms with van der Waals surface area (Å²) in [6.45, 7) is 0. The molecule has 25 heavy (non-hydrogen) atoms. The number of hydrogen-bond acceptors (Lipinski definition) is 7. The molecule has 0 aliphatic heterocycles. The zero-order chi connectivity index (χ0) is 18.7. The van der Waals surface area contributed by atoms with E-state index in [4.69, 9.17) is 11.6 Å². The van der Waals surface area contributed by atoms with Crippen LogP contribution in [0, 0.1) is 10.1 Å². The number of carbonyl (C=O) groups excluding carboxylic acids is 3. The smallest absolute Gasteiger partial charge is 0.287 e. The number of aromatic carboxylic acids is 2. The molecule has 0 fully saturated rings. The Bertz CT molecular complexity index is 878. The van der Waals surface area contributed by atoms with E-state index < -0.39 is 39.6 Å². The van der Waals surface area contributed by atoms with Crippen molar-refractivity contribution < 1.29 is 29.5 Å². The van der Waals surface area contributed by atoms with Crippen molar-refractivity contribution in [1.82, 2.24) is 0 Å². The van der Waals surface area contributed by atoms with E-state index in [1.807, 2.05) is 0 Å². The van der Waals surface area contributed by atoms with Gasteiger partial charge in [-0.2, -0.15) is 0 Å². The molecule has 0 bridgehead atoms. The minimum atomic E-state index is -1.64. The van der Waals surface area contributed by atoms with Crippen molar-refractivity contribution in [1.29, 1.82) is 0 Å². The zero-order valence-electron chi connectivity index (χ0n) is 12.1. The summed E-state index contributed by atoms with van der Waals surface area (Å²) in [5.41, 5.74) is -1.53. The maximum absolute atomic E-state index is 12.1. The van der Waals surface area contributed by atoms with Gasteiger partial charge in [-0.25, -0.2) is 0 Å². The topological polar surface area (TPSA) is 152 Å². The van der Waals surface area contributed by atoms with Crippen molar-refractivity contribution in [2.45, 2.75) is 0 Å². The molecule has 128 valence electrons. The predicted molar refractivity (Wildman–Crippen MR) is 81.2 cm³/mol. The molecular formula is C15H7ClN2O7-2. The molecule has 0 aliphatic carbocycles. The van der Waals surface area contributed by atoms with Crippen molar-refractivity contribution in [3.05, 3.63) is 68.2 Å². The number of rotatable bonds is 5. The first kappa shape index (κ1) is 17.9.